The predicted molar refractivity (Wildman–Crippen MR) is 305 cm³/mol. The van der Waals surface area contributed by atoms with Crippen LogP contribution in [0, 0.1) is 10.1 Å². The second-order valence-electron chi connectivity index (χ2n) is 17.1. The highest BCUT2D eigenvalue weighted by molar-refractivity contribution is 9.13. The molecule has 4 N–H and O–H groups in total. The molecule has 10 aromatic carbocycles. The number of aromatic nitrogens is 4. The number of nitrogens with one attached hydrogen (secondary N) is 2. The number of rotatable bonds is 4. The number of halogens is 2. The van der Waals surface area contributed by atoms with Crippen LogP contribution >= 0.6 is 31.9 Å². The number of fused-ring (bicyclic) bond motifs is 14. The molecule has 348 valence electrons. The molecule has 9 nitrogen and oxygen atoms in total. The third-order valence-electron chi connectivity index (χ3n) is 12.9. The quantitative estimate of drug-likeness (QED) is 0.0796. The largest absolute Gasteiger partial charge is 0.495 e. The highest BCUT2D eigenvalue weighted by atomic mass is 79.9. The van der Waals surface area contributed by atoms with Gasteiger partial charge in [-0.1, -0.05) is 140 Å². The summed E-state index contributed by atoms with van der Waals surface area (Å²) in [5.74, 6) is 0. The zero-order chi connectivity index (χ0) is 49.3. The first-order chi connectivity index (χ1) is 35.3. The molecule has 14 rings (SSSR count). The van der Waals surface area contributed by atoms with Crippen molar-refractivity contribution in [1.82, 2.24) is 19.1 Å². The maximum atomic E-state index is 10.3. The van der Waals surface area contributed by atoms with Gasteiger partial charge < -0.3 is 29.2 Å². The lowest BCUT2D eigenvalue weighted by molar-refractivity contribution is -0.383. The fourth-order valence-corrected chi connectivity index (χ4v) is 10.4. The molecule has 0 aliphatic carbocycles. The molecule has 0 aliphatic heterocycles. The van der Waals surface area contributed by atoms with E-state index >= 15 is 0 Å². The number of hydrogen-bond acceptors (Lipinski definition) is 4. The molecule has 72 heavy (non-hydrogen) atoms. The first kappa shape index (κ1) is 46.1. The number of H-pyrrole nitrogens is 2. The van der Waals surface area contributed by atoms with E-state index in [0.717, 1.165) is 8.95 Å². The number of nitro benzene ring substituents is 1. The Balaban J connectivity index is 0.000000119. The minimum absolute atomic E-state index is 0.0949. The summed E-state index contributed by atoms with van der Waals surface area (Å²) in [7, 11) is -1.80. The number of benzene rings is 10. The first-order valence-electron chi connectivity index (χ1n) is 23.2. The Labute approximate surface area is 429 Å². The molecule has 0 spiro atoms. The van der Waals surface area contributed by atoms with Crippen LogP contribution in [-0.2, 0) is 0 Å². The molecule has 12 heteroatoms. The molecular weight excluding hydrogens is 1030 g/mol. The van der Waals surface area contributed by atoms with E-state index < -0.39 is 12.0 Å². The highest BCUT2D eigenvalue weighted by Gasteiger charge is 2.23. The summed E-state index contributed by atoms with van der Waals surface area (Å²) >= 11 is 6.70. The maximum absolute atomic E-state index is 10.3. The summed E-state index contributed by atoms with van der Waals surface area (Å²) in [6.45, 7) is 0. The second-order valence-corrected chi connectivity index (χ2v) is 18.8. The van der Waals surface area contributed by atoms with Crippen molar-refractivity contribution in [3.05, 3.63) is 250 Å². The van der Waals surface area contributed by atoms with E-state index in [-0.39, 0.29) is 11.2 Å². The Kier molecular flexibility index (Phi) is 12.7. The molecule has 0 saturated carbocycles. The van der Waals surface area contributed by atoms with E-state index in [1.54, 1.807) is 0 Å². The Hall–Kier alpha value is -8.26. The Bertz CT molecular complexity index is 4040. The molecule has 0 fully saturated rings. The molecule has 0 amide bonds. The lowest BCUT2D eigenvalue weighted by Crippen LogP contribution is -2.31. The van der Waals surface area contributed by atoms with Crippen LogP contribution in [0.4, 0.5) is 5.69 Å². The Morgan fingerprint density at radius 1 is 0.389 bits per heavy atom. The van der Waals surface area contributed by atoms with Gasteiger partial charge in [0.25, 0.3) is 5.69 Å². The molecule has 0 unspecified atom stereocenters. The summed E-state index contributed by atoms with van der Waals surface area (Å²) in [6, 6.07) is 78.1. The highest BCUT2D eigenvalue weighted by Crippen LogP contribution is 2.42. The molecule has 0 saturated heterocycles. The van der Waals surface area contributed by atoms with E-state index in [4.69, 9.17) is 10.0 Å². The van der Waals surface area contributed by atoms with Gasteiger partial charge in [0.1, 0.15) is 0 Å². The van der Waals surface area contributed by atoms with Crippen molar-refractivity contribution in [1.29, 1.82) is 0 Å². The second kappa shape index (κ2) is 19.9. The first-order valence-corrected chi connectivity index (χ1v) is 24.8. The zero-order valence-electron chi connectivity index (χ0n) is 38.3. The van der Waals surface area contributed by atoms with Gasteiger partial charge in [-0.15, -0.1) is 0 Å². The molecule has 4 aromatic heterocycles. The number of nitro groups is 1. The zero-order valence-corrected chi connectivity index (χ0v) is 41.5. The van der Waals surface area contributed by atoms with Crippen molar-refractivity contribution in [2.45, 2.75) is 0 Å². The molecule has 14 aromatic rings. The minimum atomic E-state index is -1.80. The van der Waals surface area contributed by atoms with Crippen LogP contribution in [0.2, 0.25) is 0 Å². The monoisotopic (exact) mass is 1070 g/mol. The topological polar surface area (TPSA) is 125 Å². The Morgan fingerprint density at radius 2 is 0.764 bits per heavy atom. The molecule has 0 aliphatic rings. The average molecular weight is 1070 g/mol. The van der Waals surface area contributed by atoms with Gasteiger partial charge in [-0.05, 0) is 117 Å². The molecule has 4 heterocycles. The van der Waals surface area contributed by atoms with Gasteiger partial charge in [0.2, 0.25) is 0 Å². The van der Waals surface area contributed by atoms with Gasteiger partial charge >= 0.3 is 7.12 Å². The van der Waals surface area contributed by atoms with Crippen LogP contribution < -0.4 is 5.46 Å². The number of aromatic amines is 2. The van der Waals surface area contributed by atoms with Crippen LogP contribution in [0.5, 0.6) is 0 Å². The SMILES string of the molecule is Brc1ccccc1Br.O=[N+]([O-])c1ccccc1B(O)O.c1ccc(-n2c3ccccc3c3c4c5ccccc5n(-c5ccccc5)c4ccc32)cc1.c1ccc2c(c1)[nH]c1ccc3[nH]c4ccccc4c3c12. The average Bonchev–Trinajstić information content (AvgIpc) is 4.18. The fraction of sp³-hybridized carbons (Fsp3) is 0. The van der Waals surface area contributed by atoms with Gasteiger partial charge in [-0.3, -0.25) is 10.1 Å². The van der Waals surface area contributed by atoms with E-state index in [9.17, 15) is 10.1 Å². The van der Waals surface area contributed by atoms with E-state index in [0.29, 0.717) is 0 Å². The molecule has 0 bridgehead atoms. The summed E-state index contributed by atoms with van der Waals surface area (Å²) in [5, 5.41) is 38.1. The minimum Gasteiger partial charge on any atom is -0.423 e. The van der Waals surface area contributed by atoms with Crippen LogP contribution in [0.15, 0.2) is 239 Å². The van der Waals surface area contributed by atoms with Crippen molar-refractivity contribution < 1.29 is 15.0 Å². The summed E-state index contributed by atoms with van der Waals surface area (Å²) < 4.78 is 6.97. The van der Waals surface area contributed by atoms with E-state index in [1.165, 1.54) is 123 Å². The molecule has 0 atom stereocenters. The molecular formula is C60H42BBr2N5O4. The number of para-hydroxylation sites is 7. The van der Waals surface area contributed by atoms with E-state index in [2.05, 4.69) is 233 Å². The van der Waals surface area contributed by atoms with Crippen LogP contribution in [0.3, 0.4) is 0 Å². The van der Waals surface area contributed by atoms with Gasteiger partial charge in [0, 0.05) is 91.5 Å². The summed E-state index contributed by atoms with van der Waals surface area (Å²) in [6.07, 6.45) is 0. The van der Waals surface area contributed by atoms with Gasteiger partial charge in [-0.25, -0.2) is 0 Å². The predicted octanol–water partition coefficient (Wildman–Crippen LogP) is 15.3. The van der Waals surface area contributed by atoms with Crippen molar-refractivity contribution in [3.8, 4) is 11.4 Å². The molecule has 0 radical (unpaired) electrons. The van der Waals surface area contributed by atoms with Crippen molar-refractivity contribution in [2.24, 2.45) is 0 Å². The van der Waals surface area contributed by atoms with Crippen molar-refractivity contribution >= 4 is 137 Å². The van der Waals surface area contributed by atoms with Gasteiger partial charge in [0.15, 0.2) is 0 Å². The van der Waals surface area contributed by atoms with E-state index in [1.807, 2.05) is 24.3 Å². The maximum Gasteiger partial charge on any atom is 0.495 e. The lowest BCUT2D eigenvalue weighted by Gasteiger charge is -2.09. The summed E-state index contributed by atoms with van der Waals surface area (Å²) in [5.41, 5.74) is 11.7. The van der Waals surface area contributed by atoms with Gasteiger partial charge in [-0.2, -0.15) is 0 Å². The smallest absolute Gasteiger partial charge is 0.423 e. The normalized spacial score (nSPS) is 11.2. The van der Waals surface area contributed by atoms with Crippen LogP contribution in [0.1, 0.15) is 0 Å². The Morgan fingerprint density at radius 3 is 1.18 bits per heavy atom. The van der Waals surface area contributed by atoms with Crippen molar-refractivity contribution in [3.63, 3.8) is 0 Å². The number of hydrogen-bond donors (Lipinski definition) is 4. The van der Waals surface area contributed by atoms with Crippen LogP contribution in [0.25, 0.3) is 98.6 Å². The number of nitrogens with zero attached hydrogens (tertiary/aromatic N) is 3. The van der Waals surface area contributed by atoms with Crippen molar-refractivity contribution in [2.75, 3.05) is 0 Å². The fourth-order valence-electron chi connectivity index (χ4n) is 9.82. The summed E-state index contributed by atoms with van der Waals surface area (Å²) in [4.78, 5) is 16.7. The van der Waals surface area contributed by atoms with Crippen LogP contribution in [-0.4, -0.2) is 41.2 Å². The third-order valence-corrected chi connectivity index (χ3v) is 14.8. The standard InChI is InChI=1S/C30H20N2.C18H12N2.C6H6BNO4.C6H4Br2/c1-3-11-21(12-4-1)31-25-17-9-7-15-23(25)29-27(31)19-20-28-30(29)24-16-8-10-18-26(24)32(28)22-13-5-2-6-14-22;1-3-7-13-11(5-1)17-15(19-13)9-10-16-18(17)12-6-2-4-8-14(12)20-16;9-7(10)5-3-1-2-4-6(5)8(11)12;7-5-3-1-2-4-6(5)8/h1-20H;1-10,19-20H;1-4,9-10H;1-4H. The lowest BCUT2D eigenvalue weighted by atomic mass is 9.79. The third kappa shape index (κ3) is 8.50. The van der Waals surface area contributed by atoms with Gasteiger partial charge in [0.05, 0.1) is 32.5 Å².